The summed E-state index contributed by atoms with van der Waals surface area (Å²) in [5, 5.41) is 14.2. The molecule has 0 bridgehead atoms. The number of benzene rings is 1. The zero-order valence-electron chi connectivity index (χ0n) is 6.98. The minimum Gasteiger partial charge on any atom is -0.430 e. The lowest BCUT2D eigenvalue weighted by molar-refractivity contribution is 0.448. The smallest absolute Gasteiger partial charge is 0.430 e. The highest BCUT2D eigenvalue weighted by molar-refractivity contribution is 6.13. The summed E-state index contributed by atoms with van der Waals surface area (Å²) < 4.78 is 0. The summed E-state index contributed by atoms with van der Waals surface area (Å²) in [6.45, 7) is 0.740. The van der Waals surface area contributed by atoms with E-state index in [9.17, 15) is 0 Å². The molecule has 0 radical (unpaired) electrons. The summed E-state index contributed by atoms with van der Waals surface area (Å²) in [6, 6.07) is 10.3. The number of hydrogen-bond acceptors (Lipinski definition) is 3. The molecule has 1 aromatic rings. The summed E-state index contributed by atoms with van der Waals surface area (Å²) in [5.41, 5.74) is 6.68. The molecular weight excluding hydrogens is 153 g/mol. The molecule has 0 saturated carbocycles. The van der Waals surface area contributed by atoms with Crippen LogP contribution in [0.5, 0.6) is 0 Å². The van der Waals surface area contributed by atoms with E-state index in [1.165, 1.54) is 5.56 Å². The molecule has 4 N–H and O–H groups in total. The first-order valence-electron chi connectivity index (χ1n) is 3.80. The fourth-order valence-corrected chi connectivity index (χ4v) is 0.811. The van der Waals surface area contributed by atoms with Crippen molar-refractivity contribution in [3.05, 3.63) is 35.9 Å². The molecule has 12 heavy (non-hydrogen) atoms. The van der Waals surface area contributed by atoms with Gasteiger partial charge in [-0.15, -0.1) is 0 Å². The van der Waals surface area contributed by atoms with E-state index in [0.717, 1.165) is 13.0 Å². The third-order valence-electron chi connectivity index (χ3n) is 1.28. The van der Waals surface area contributed by atoms with Gasteiger partial charge in [-0.25, -0.2) is 0 Å². The van der Waals surface area contributed by atoms with Crippen LogP contribution in [0.2, 0.25) is 0 Å². The van der Waals surface area contributed by atoms with Gasteiger partial charge in [0, 0.05) is 0 Å². The maximum Gasteiger partial charge on any atom is 0.432 e. The van der Waals surface area contributed by atoms with Gasteiger partial charge in [0.25, 0.3) is 0 Å². The standard InChI is InChI=1S/C8H11N.BH3O2/c9-7-6-8-4-2-1-3-5-8;2-1-3/h1-5H,6-7,9H2;1-3H. The Morgan fingerprint density at radius 2 is 1.67 bits per heavy atom. The van der Waals surface area contributed by atoms with Gasteiger partial charge in [0.05, 0.1) is 0 Å². The molecule has 66 valence electrons. The van der Waals surface area contributed by atoms with Crippen molar-refractivity contribution in [1.29, 1.82) is 0 Å². The van der Waals surface area contributed by atoms with Crippen LogP contribution in [0.4, 0.5) is 0 Å². The number of hydrogen-bond donors (Lipinski definition) is 3. The molecule has 0 heterocycles. The number of rotatable bonds is 2. The largest absolute Gasteiger partial charge is 0.432 e. The molecule has 0 aromatic heterocycles. The average Bonchev–Trinajstić information content (AvgIpc) is 2.08. The van der Waals surface area contributed by atoms with Crippen LogP contribution in [0.15, 0.2) is 30.3 Å². The molecule has 3 nitrogen and oxygen atoms in total. The summed E-state index contributed by atoms with van der Waals surface area (Å²) in [5.74, 6) is 0. The van der Waals surface area contributed by atoms with Gasteiger partial charge in [-0.2, -0.15) is 0 Å². The third kappa shape index (κ3) is 5.91. The molecule has 0 aliphatic heterocycles. The van der Waals surface area contributed by atoms with E-state index in [1.807, 2.05) is 18.2 Å². The lowest BCUT2D eigenvalue weighted by atomic mass is 10.2. The Bertz CT molecular complexity index is 182. The van der Waals surface area contributed by atoms with Crippen LogP contribution in [0.25, 0.3) is 0 Å². The van der Waals surface area contributed by atoms with Gasteiger partial charge in [0.1, 0.15) is 0 Å². The SMILES string of the molecule is NCCc1ccccc1.OBO. The first-order chi connectivity index (χ1) is 5.85. The normalized spacial score (nSPS) is 8.25. The molecule has 0 aliphatic carbocycles. The molecule has 0 saturated heterocycles. The average molecular weight is 167 g/mol. The number of nitrogens with two attached hydrogens (primary N) is 1. The van der Waals surface area contributed by atoms with Gasteiger partial charge in [0.2, 0.25) is 0 Å². The monoisotopic (exact) mass is 167 g/mol. The molecule has 0 atom stereocenters. The van der Waals surface area contributed by atoms with Crippen molar-refractivity contribution in [2.45, 2.75) is 6.42 Å². The van der Waals surface area contributed by atoms with Crippen LogP contribution in [-0.4, -0.2) is 24.3 Å². The zero-order valence-corrected chi connectivity index (χ0v) is 6.98. The van der Waals surface area contributed by atoms with Gasteiger partial charge >= 0.3 is 7.69 Å². The second-order valence-corrected chi connectivity index (χ2v) is 2.17. The van der Waals surface area contributed by atoms with Crippen molar-refractivity contribution in [2.75, 3.05) is 6.54 Å². The Labute approximate surface area is 73.2 Å². The predicted molar refractivity (Wildman–Crippen MR) is 50.8 cm³/mol. The topological polar surface area (TPSA) is 66.5 Å². The highest BCUT2D eigenvalue weighted by Crippen LogP contribution is 1.96. The maximum absolute atomic E-state index is 7.12. The Hall–Kier alpha value is -0.835. The first-order valence-corrected chi connectivity index (χ1v) is 3.80. The van der Waals surface area contributed by atoms with Gasteiger partial charge in [-0.1, -0.05) is 30.3 Å². The van der Waals surface area contributed by atoms with E-state index < -0.39 is 7.69 Å². The van der Waals surface area contributed by atoms with Gasteiger partial charge in [-0.05, 0) is 18.5 Å². The summed E-state index contributed by atoms with van der Waals surface area (Å²) in [7, 11) is -0.750. The fraction of sp³-hybridized carbons (Fsp3) is 0.250. The van der Waals surface area contributed by atoms with Crippen molar-refractivity contribution in [2.24, 2.45) is 5.73 Å². The zero-order chi connectivity index (χ0) is 9.23. The van der Waals surface area contributed by atoms with E-state index >= 15 is 0 Å². The molecule has 4 heteroatoms. The Morgan fingerprint density at radius 3 is 2.08 bits per heavy atom. The molecule has 1 rings (SSSR count). The molecule has 0 aliphatic rings. The summed E-state index contributed by atoms with van der Waals surface area (Å²) >= 11 is 0. The third-order valence-corrected chi connectivity index (χ3v) is 1.28. The van der Waals surface area contributed by atoms with Crippen LogP contribution in [-0.2, 0) is 6.42 Å². The Balaban J connectivity index is 0.000000354. The lowest BCUT2D eigenvalue weighted by Crippen LogP contribution is -2.01. The highest BCUT2D eigenvalue weighted by Gasteiger charge is 1.84. The molecule has 1 aromatic carbocycles. The Morgan fingerprint density at radius 1 is 1.17 bits per heavy atom. The van der Waals surface area contributed by atoms with E-state index in [1.54, 1.807) is 0 Å². The van der Waals surface area contributed by atoms with Crippen LogP contribution >= 0.6 is 0 Å². The van der Waals surface area contributed by atoms with Crippen molar-refractivity contribution >= 4 is 7.69 Å². The predicted octanol–water partition coefficient (Wildman–Crippen LogP) is -0.575. The fourth-order valence-electron chi connectivity index (χ4n) is 0.811. The highest BCUT2D eigenvalue weighted by atomic mass is 16.4. The van der Waals surface area contributed by atoms with Crippen molar-refractivity contribution in [3.8, 4) is 0 Å². The summed E-state index contributed by atoms with van der Waals surface area (Å²) in [6.07, 6.45) is 0.987. The Kier molecular flexibility index (Phi) is 7.69. The minimum atomic E-state index is -0.750. The lowest BCUT2D eigenvalue weighted by Gasteiger charge is -1.93. The quantitative estimate of drug-likeness (QED) is 0.516. The van der Waals surface area contributed by atoms with Crippen LogP contribution in [0.3, 0.4) is 0 Å². The van der Waals surface area contributed by atoms with Crippen LogP contribution in [0, 0.1) is 0 Å². The van der Waals surface area contributed by atoms with Crippen molar-refractivity contribution in [1.82, 2.24) is 0 Å². The minimum absolute atomic E-state index is 0.740. The van der Waals surface area contributed by atoms with Crippen LogP contribution < -0.4 is 5.73 Å². The summed E-state index contributed by atoms with van der Waals surface area (Å²) in [4.78, 5) is 0. The first kappa shape index (κ1) is 11.2. The molecule has 0 amide bonds. The van der Waals surface area contributed by atoms with Gasteiger partial charge in [0.15, 0.2) is 0 Å². The second-order valence-electron chi connectivity index (χ2n) is 2.17. The van der Waals surface area contributed by atoms with Gasteiger partial charge < -0.3 is 15.8 Å². The van der Waals surface area contributed by atoms with Crippen molar-refractivity contribution in [3.63, 3.8) is 0 Å². The molecule has 0 spiro atoms. The van der Waals surface area contributed by atoms with Crippen molar-refractivity contribution < 1.29 is 10.0 Å². The van der Waals surface area contributed by atoms with Crippen LogP contribution in [0.1, 0.15) is 5.56 Å². The molecule has 0 fully saturated rings. The van der Waals surface area contributed by atoms with E-state index in [-0.39, 0.29) is 0 Å². The van der Waals surface area contributed by atoms with E-state index in [4.69, 9.17) is 15.8 Å². The molecular formula is C8H14BNO2. The van der Waals surface area contributed by atoms with E-state index in [0.29, 0.717) is 0 Å². The molecule has 0 unspecified atom stereocenters. The van der Waals surface area contributed by atoms with E-state index in [2.05, 4.69) is 12.1 Å². The van der Waals surface area contributed by atoms with Gasteiger partial charge in [-0.3, -0.25) is 0 Å². The maximum atomic E-state index is 7.12. The second kappa shape index (κ2) is 8.26.